The molecule has 10 heteroatoms. The third-order valence-corrected chi connectivity index (χ3v) is 6.41. The van der Waals surface area contributed by atoms with E-state index in [1.807, 2.05) is 6.92 Å². The Balaban J connectivity index is 1.83. The monoisotopic (exact) mass is 516 g/mol. The molecule has 37 heavy (non-hydrogen) atoms. The number of aromatic nitrogens is 3. The van der Waals surface area contributed by atoms with Crippen LogP contribution in [0, 0.1) is 5.82 Å². The van der Waals surface area contributed by atoms with Crippen molar-refractivity contribution >= 4 is 16.8 Å². The predicted octanol–water partition coefficient (Wildman–Crippen LogP) is 5.66. The molecule has 0 spiro atoms. The molecule has 1 N–H and O–H groups in total. The fourth-order valence-corrected chi connectivity index (χ4v) is 4.37. The van der Waals surface area contributed by atoms with Gasteiger partial charge in [0.05, 0.1) is 17.4 Å². The summed E-state index contributed by atoms with van der Waals surface area (Å²) in [6.07, 6.45) is -0.0502. The van der Waals surface area contributed by atoms with Gasteiger partial charge in [0.25, 0.3) is 5.91 Å². The van der Waals surface area contributed by atoms with Crippen LogP contribution in [0.2, 0.25) is 0 Å². The maximum atomic E-state index is 14.6. The van der Waals surface area contributed by atoms with E-state index in [0.717, 1.165) is 18.9 Å². The molecule has 0 fully saturated rings. The summed E-state index contributed by atoms with van der Waals surface area (Å²) in [5.74, 6) is -0.880. The second-order valence-corrected chi connectivity index (χ2v) is 9.23. The van der Waals surface area contributed by atoms with Gasteiger partial charge in [-0.1, -0.05) is 25.8 Å². The number of carbonyl (C=O) groups excluding carboxylic acids is 1. The first-order valence-electron chi connectivity index (χ1n) is 11.9. The summed E-state index contributed by atoms with van der Waals surface area (Å²) < 4.78 is 60.0. The number of hydrogen-bond acceptors (Lipinski definition) is 3. The summed E-state index contributed by atoms with van der Waals surface area (Å²) in [6.45, 7) is 2.35. The SMILES string of the molecule is CCCCCn1cc(C(O)(c2ccc3c(cnn3-c3ccc(F)cc3)c2)C(F)(F)F)cc1C(=O)N(C)C. The zero-order chi connectivity index (χ0) is 27.0. The summed E-state index contributed by atoms with van der Waals surface area (Å²) in [6, 6.07) is 10.5. The van der Waals surface area contributed by atoms with Crippen LogP contribution in [0.5, 0.6) is 0 Å². The number of nitrogens with zero attached hydrogens (tertiary/aromatic N) is 4. The molecule has 2 aromatic heterocycles. The van der Waals surface area contributed by atoms with Gasteiger partial charge in [-0.2, -0.15) is 18.3 Å². The first kappa shape index (κ1) is 26.4. The van der Waals surface area contributed by atoms with Crippen LogP contribution in [0.15, 0.2) is 60.9 Å². The minimum atomic E-state index is -5.08. The molecule has 4 rings (SSSR count). The highest BCUT2D eigenvalue weighted by atomic mass is 19.4. The second kappa shape index (κ2) is 10.0. The molecule has 1 atom stereocenters. The number of alkyl halides is 3. The number of fused-ring (bicyclic) bond motifs is 1. The van der Waals surface area contributed by atoms with Crippen LogP contribution in [0.3, 0.4) is 0 Å². The van der Waals surface area contributed by atoms with Crippen LogP contribution < -0.4 is 0 Å². The van der Waals surface area contributed by atoms with E-state index >= 15 is 0 Å². The van der Waals surface area contributed by atoms with Gasteiger partial charge < -0.3 is 14.6 Å². The largest absolute Gasteiger partial charge is 0.425 e. The van der Waals surface area contributed by atoms with Crippen molar-refractivity contribution in [3.8, 4) is 5.69 Å². The van der Waals surface area contributed by atoms with E-state index in [1.54, 1.807) is 0 Å². The maximum Gasteiger partial charge on any atom is 0.425 e. The van der Waals surface area contributed by atoms with Crippen molar-refractivity contribution < 1.29 is 27.5 Å². The topological polar surface area (TPSA) is 63.3 Å². The summed E-state index contributed by atoms with van der Waals surface area (Å²) in [5.41, 5.74) is -3.11. The lowest BCUT2D eigenvalue weighted by Gasteiger charge is -2.30. The zero-order valence-corrected chi connectivity index (χ0v) is 20.8. The minimum absolute atomic E-state index is 0.0731. The van der Waals surface area contributed by atoms with Crippen molar-refractivity contribution in [2.75, 3.05) is 14.1 Å². The van der Waals surface area contributed by atoms with Crippen LogP contribution in [0.1, 0.15) is 47.8 Å². The van der Waals surface area contributed by atoms with Crippen molar-refractivity contribution in [2.45, 2.75) is 44.5 Å². The molecule has 0 aliphatic carbocycles. The Labute approximate surface area is 211 Å². The van der Waals surface area contributed by atoms with E-state index in [1.165, 1.54) is 83.1 Å². The number of benzene rings is 2. The molecule has 0 aliphatic heterocycles. The van der Waals surface area contributed by atoms with Gasteiger partial charge in [0.1, 0.15) is 11.5 Å². The lowest BCUT2D eigenvalue weighted by atomic mass is 9.86. The van der Waals surface area contributed by atoms with Gasteiger partial charge in [0, 0.05) is 37.8 Å². The molecule has 4 aromatic rings. The number of halogens is 4. The van der Waals surface area contributed by atoms with Crippen LogP contribution in [0.25, 0.3) is 16.6 Å². The Kier molecular flexibility index (Phi) is 7.14. The van der Waals surface area contributed by atoms with Crippen molar-refractivity contribution in [1.29, 1.82) is 0 Å². The number of rotatable bonds is 8. The Hall–Kier alpha value is -3.66. The van der Waals surface area contributed by atoms with Crippen LogP contribution in [-0.2, 0) is 12.1 Å². The molecule has 0 saturated heterocycles. The lowest BCUT2D eigenvalue weighted by molar-refractivity contribution is -0.248. The minimum Gasteiger partial charge on any atom is -0.372 e. The summed E-state index contributed by atoms with van der Waals surface area (Å²) in [4.78, 5) is 14.1. The number of aliphatic hydroxyl groups is 1. The predicted molar refractivity (Wildman–Crippen MR) is 132 cm³/mol. The highest BCUT2D eigenvalue weighted by Crippen LogP contribution is 2.45. The lowest BCUT2D eigenvalue weighted by Crippen LogP contribution is -2.43. The first-order valence-corrected chi connectivity index (χ1v) is 11.9. The van der Waals surface area contributed by atoms with E-state index in [2.05, 4.69) is 5.10 Å². The average molecular weight is 517 g/mol. The van der Waals surface area contributed by atoms with Crippen molar-refractivity contribution in [1.82, 2.24) is 19.2 Å². The molecule has 196 valence electrons. The summed E-state index contributed by atoms with van der Waals surface area (Å²) in [5, 5.41) is 15.9. The highest BCUT2D eigenvalue weighted by Gasteiger charge is 2.57. The Morgan fingerprint density at radius 2 is 1.73 bits per heavy atom. The number of aryl methyl sites for hydroxylation is 1. The molecular formula is C27H28F4N4O2. The molecular weight excluding hydrogens is 488 g/mol. The smallest absolute Gasteiger partial charge is 0.372 e. The van der Waals surface area contributed by atoms with Crippen molar-refractivity contribution in [3.63, 3.8) is 0 Å². The number of carbonyl (C=O) groups is 1. The summed E-state index contributed by atoms with van der Waals surface area (Å²) in [7, 11) is 3.04. The molecule has 1 amide bonds. The number of amides is 1. The van der Waals surface area contributed by atoms with E-state index in [9.17, 15) is 27.5 Å². The third kappa shape index (κ3) is 4.85. The van der Waals surface area contributed by atoms with Gasteiger partial charge in [-0.25, -0.2) is 9.07 Å². The number of unbranched alkanes of at least 4 members (excludes halogenated alkanes) is 2. The molecule has 0 radical (unpaired) electrons. The Morgan fingerprint density at radius 3 is 2.35 bits per heavy atom. The highest BCUT2D eigenvalue weighted by molar-refractivity contribution is 5.93. The van der Waals surface area contributed by atoms with E-state index in [0.29, 0.717) is 29.6 Å². The quantitative estimate of drug-likeness (QED) is 0.243. The molecule has 0 aliphatic rings. The standard InChI is InChI=1S/C27H28F4N4O2/c1-4-5-6-13-34-17-20(15-24(34)25(36)33(2)3)26(37,27(29,30)31)19-7-12-23-18(14-19)16-32-35(23)22-10-8-21(28)9-11-22/h7-12,14-17,37H,4-6,13H2,1-3H3. The van der Waals surface area contributed by atoms with E-state index in [-0.39, 0.29) is 5.69 Å². The molecule has 0 saturated carbocycles. The van der Waals surface area contributed by atoms with Gasteiger partial charge in [-0.15, -0.1) is 0 Å². The Morgan fingerprint density at radius 1 is 1.03 bits per heavy atom. The van der Waals surface area contributed by atoms with Gasteiger partial charge in [-0.05, 0) is 54.4 Å². The fourth-order valence-electron chi connectivity index (χ4n) is 4.37. The normalized spacial score (nSPS) is 13.6. The van der Waals surface area contributed by atoms with Gasteiger partial charge in [0.15, 0.2) is 0 Å². The van der Waals surface area contributed by atoms with E-state index < -0.39 is 34.6 Å². The Bertz CT molecular complexity index is 1410. The average Bonchev–Trinajstić information content (AvgIpc) is 3.47. The maximum absolute atomic E-state index is 14.6. The van der Waals surface area contributed by atoms with Crippen molar-refractivity contribution in [2.24, 2.45) is 0 Å². The third-order valence-electron chi connectivity index (χ3n) is 6.41. The van der Waals surface area contributed by atoms with Crippen molar-refractivity contribution in [3.05, 3.63) is 83.6 Å². The van der Waals surface area contributed by atoms with Gasteiger partial charge in [0.2, 0.25) is 5.60 Å². The van der Waals surface area contributed by atoms with Crippen LogP contribution in [-0.4, -0.2) is 50.5 Å². The van der Waals surface area contributed by atoms with Gasteiger partial charge >= 0.3 is 6.18 Å². The summed E-state index contributed by atoms with van der Waals surface area (Å²) >= 11 is 0. The molecule has 1 unspecified atom stereocenters. The molecule has 2 aromatic carbocycles. The van der Waals surface area contributed by atoms with Gasteiger partial charge in [-0.3, -0.25) is 4.79 Å². The molecule has 0 bridgehead atoms. The first-order chi connectivity index (χ1) is 17.5. The van der Waals surface area contributed by atoms with E-state index in [4.69, 9.17) is 0 Å². The molecule has 6 nitrogen and oxygen atoms in total. The molecule has 2 heterocycles. The zero-order valence-electron chi connectivity index (χ0n) is 20.8. The van der Waals surface area contributed by atoms with Crippen LogP contribution >= 0.6 is 0 Å². The van der Waals surface area contributed by atoms with Crippen LogP contribution in [0.4, 0.5) is 17.6 Å². The fraction of sp³-hybridized carbons (Fsp3) is 0.333. The second-order valence-electron chi connectivity index (χ2n) is 9.23. The number of hydrogen-bond donors (Lipinski definition) is 1.